The molecular weight excluding hydrogens is 430 g/mol. The number of alkyl halides is 2. The molecular formula is C30H48F2O2. The average Bonchev–Trinajstić information content (AvgIpc) is 3.15. The van der Waals surface area contributed by atoms with E-state index in [-0.39, 0.29) is 5.41 Å². The van der Waals surface area contributed by atoms with E-state index in [1.807, 2.05) is 0 Å². The van der Waals surface area contributed by atoms with Crippen molar-refractivity contribution in [3.8, 4) is 0 Å². The van der Waals surface area contributed by atoms with Crippen molar-refractivity contribution in [3.63, 3.8) is 0 Å². The SMILES string of the molecule is CC(C)CCC[C@@H](C)[C@H]1CC[C@H]2[C@@H]3C[C@H]4C(F)(F)[C@]45CC4(CC[C@]5(C)[C@H]3CC[C@]12C)OCCO4. The second-order valence-corrected chi connectivity index (χ2v) is 14.5. The smallest absolute Gasteiger partial charge is 0.258 e. The number of rotatable bonds is 5. The van der Waals surface area contributed by atoms with Crippen molar-refractivity contribution in [2.24, 2.45) is 57.7 Å². The van der Waals surface area contributed by atoms with Gasteiger partial charge in [0.2, 0.25) is 0 Å². The van der Waals surface area contributed by atoms with Crippen LogP contribution < -0.4 is 0 Å². The van der Waals surface area contributed by atoms with Gasteiger partial charge in [-0.2, -0.15) is 0 Å². The minimum atomic E-state index is -2.56. The van der Waals surface area contributed by atoms with E-state index in [4.69, 9.17) is 9.47 Å². The summed E-state index contributed by atoms with van der Waals surface area (Å²) in [7, 11) is 0. The molecule has 0 radical (unpaired) electrons. The molecule has 0 aromatic carbocycles. The minimum absolute atomic E-state index is 0.271. The molecule has 6 fully saturated rings. The lowest BCUT2D eigenvalue weighted by atomic mass is 9.43. The summed E-state index contributed by atoms with van der Waals surface area (Å²) in [6.45, 7) is 13.1. The Bertz CT molecular complexity index is 806. The summed E-state index contributed by atoms with van der Waals surface area (Å²) in [5.74, 6) is 0.167. The molecule has 0 unspecified atom stereocenters. The third-order valence-electron chi connectivity index (χ3n) is 12.9. The van der Waals surface area contributed by atoms with E-state index in [1.165, 1.54) is 38.5 Å². The van der Waals surface area contributed by atoms with Crippen molar-refractivity contribution >= 4 is 0 Å². The summed E-state index contributed by atoms with van der Waals surface area (Å²) in [6, 6.07) is 0. The quantitative estimate of drug-likeness (QED) is 0.397. The first kappa shape index (κ1) is 24.1. The van der Waals surface area contributed by atoms with Crippen LogP contribution in [0.1, 0.15) is 105 Å². The fraction of sp³-hybridized carbons (Fsp3) is 1.00. The van der Waals surface area contributed by atoms with Crippen LogP contribution in [0.5, 0.6) is 0 Å². The largest absolute Gasteiger partial charge is 0.348 e. The maximum atomic E-state index is 15.9. The Morgan fingerprint density at radius 2 is 1.62 bits per heavy atom. The van der Waals surface area contributed by atoms with E-state index in [0.717, 1.165) is 43.4 Å². The van der Waals surface area contributed by atoms with Gasteiger partial charge in [0.05, 0.1) is 18.6 Å². The Morgan fingerprint density at radius 1 is 0.882 bits per heavy atom. The highest BCUT2D eigenvalue weighted by Crippen LogP contribution is 2.87. The third kappa shape index (κ3) is 2.96. The van der Waals surface area contributed by atoms with Gasteiger partial charge < -0.3 is 9.47 Å². The molecule has 1 saturated heterocycles. The van der Waals surface area contributed by atoms with Crippen molar-refractivity contribution in [2.75, 3.05) is 13.2 Å². The molecule has 5 aliphatic carbocycles. The van der Waals surface area contributed by atoms with Gasteiger partial charge in [0.1, 0.15) is 0 Å². The van der Waals surface area contributed by atoms with Crippen LogP contribution in [0.4, 0.5) is 8.78 Å². The molecule has 194 valence electrons. The molecule has 0 aromatic rings. The van der Waals surface area contributed by atoms with Gasteiger partial charge in [-0.15, -0.1) is 0 Å². The molecule has 1 aliphatic heterocycles. The summed E-state index contributed by atoms with van der Waals surface area (Å²) in [6.07, 6.45) is 11.8. The molecule has 2 spiro atoms. The van der Waals surface area contributed by atoms with Crippen molar-refractivity contribution < 1.29 is 18.3 Å². The van der Waals surface area contributed by atoms with Crippen LogP contribution in [-0.2, 0) is 9.47 Å². The first-order valence-electron chi connectivity index (χ1n) is 14.7. The summed E-state index contributed by atoms with van der Waals surface area (Å²) in [5.41, 5.74) is -0.806. The standard InChI is InChI=1S/C30H48F2O2/c1-19(2)7-6-8-20(3)22-9-10-23-21-17-25-29(30(25,31)32)18-28(33-15-16-34-28)14-13-27(29,5)24(21)11-12-26(22,23)4/h19-25H,6-18H2,1-5H3/t20-,21+,22-,23+,24+,25-,26-,27-,29-/m1/s1. The zero-order chi connectivity index (χ0) is 24.1. The van der Waals surface area contributed by atoms with E-state index >= 15 is 8.78 Å². The summed E-state index contributed by atoms with van der Waals surface area (Å²) >= 11 is 0. The van der Waals surface area contributed by atoms with Gasteiger partial charge in [0.15, 0.2) is 5.79 Å². The van der Waals surface area contributed by atoms with Crippen LogP contribution in [0.15, 0.2) is 0 Å². The molecule has 0 bridgehead atoms. The summed E-state index contributed by atoms with van der Waals surface area (Å²) in [5, 5.41) is 0. The third-order valence-corrected chi connectivity index (χ3v) is 12.9. The Morgan fingerprint density at radius 3 is 2.32 bits per heavy atom. The topological polar surface area (TPSA) is 18.5 Å². The average molecular weight is 479 g/mol. The molecule has 34 heavy (non-hydrogen) atoms. The molecule has 5 saturated carbocycles. The zero-order valence-electron chi connectivity index (χ0n) is 22.3. The van der Waals surface area contributed by atoms with Crippen LogP contribution in [0.2, 0.25) is 0 Å². The van der Waals surface area contributed by atoms with Crippen LogP contribution >= 0.6 is 0 Å². The van der Waals surface area contributed by atoms with Crippen molar-refractivity contribution in [1.29, 1.82) is 0 Å². The van der Waals surface area contributed by atoms with Gasteiger partial charge in [0, 0.05) is 18.8 Å². The molecule has 6 aliphatic rings. The lowest BCUT2D eigenvalue weighted by molar-refractivity contribution is -0.246. The van der Waals surface area contributed by atoms with Crippen LogP contribution in [0.25, 0.3) is 0 Å². The normalized spacial score (nSPS) is 51.0. The second-order valence-electron chi connectivity index (χ2n) is 14.5. The Labute approximate surface area is 206 Å². The lowest BCUT2D eigenvalue weighted by Gasteiger charge is -2.61. The van der Waals surface area contributed by atoms with Gasteiger partial charge >= 0.3 is 0 Å². The number of fused-ring (bicyclic) bond motifs is 4. The minimum Gasteiger partial charge on any atom is -0.348 e. The molecule has 4 heteroatoms. The number of ether oxygens (including phenoxy) is 2. The zero-order valence-corrected chi connectivity index (χ0v) is 22.3. The van der Waals surface area contributed by atoms with E-state index in [1.54, 1.807) is 0 Å². The van der Waals surface area contributed by atoms with Gasteiger partial charge in [0.25, 0.3) is 5.92 Å². The molecule has 1 heterocycles. The first-order chi connectivity index (χ1) is 16.0. The van der Waals surface area contributed by atoms with Crippen molar-refractivity contribution in [3.05, 3.63) is 0 Å². The monoisotopic (exact) mass is 478 g/mol. The predicted molar refractivity (Wildman–Crippen MR) is 130 cm³/mol. The highest BCUT2D eigenvalue weighted by atomic mass is 19.3. The Hall–Kier alpha value is -0.220. The second kappa shape index (κ2) is 7.65. The molecule has 0 N–H and O–H groups in total. The van der Waals surface area contributed by atoms with Crippen molar-refractivity contribution in [1.82, 2.24) is 0 Å². The first-order valence-corrected chi connectivity index (χ1v) is 14.7. The number of hydrogen-bond donors (Lipinski definition) is 0. The van der Waals surface area contributed by atoms with Crippen molar-refractivity contribution in [2.45, 2.75) is 117 Å². The van der Waals surface area contributed by atoms with E-state index in [2.05, 4.69) is 34.6 Å². The number of halogens is 2. The van der Waals surface area contributed by atoms with Gasteiger partial charge in [-0.3, -0.25) is 0 Å². The molecule has 2 nitrogen and oxygen atoms in total. The lowest BCUT2D eigenvalue weighted by Crippen LogP contribution is -2.58. The predicted octanol–water partition coefficient (Wildman–Crippen LogP) is 8.10. The highest BCUT2D eigenvalue weighted by molar-refractivity contribution is 5.32. The van der Waals surface area contributed by atoms with E-state index in [9.17, 15) is 0 Å². The number of hydrogen-bond acceptors (Lipinski definition) is 2. The molecule has 6 rings (SSSR count). The maximum absolute atomic E-state index is 15.9. The summed E-state index contributed by atoms with van der Waals surface area (Å²) < 4.78 is 43.8. The Kier molecular flexibility index (Phi) is 5.43. The summed E-state index contributed by atoms with van der Waals surface area (Å²) in [4.78, 5) is 0. The highest BCUT2D eigenvalue weighted by Gasteiger charge is 2.91. The fourth-order valence-electron chi connectivity index (χ4n) is 11.3. The fourth-order valence-corrected chi connectivity index (χ4v) is 11.3. The van der Waals surface area contributed by atoms with E-state index in [0.29, 0.717) is 42.8 Å². The van der Waals surface area contributed by atoms with Crippen LogP contribution in [0.3, 0.4) is 0 Å². The molecule has 0 amide bonds. The van der Waals surface area contributed by atoms with Crippen LogP contribution in [0, 0.1) is 57.7 Å². The molecule has 0 aromatic heterocycles. The molecule has 9 atom stereocenters. The van der Waals surface area contributed by atoms with E-state index < -0.39 is 23.0 Å². The van der Waals surface area contributed by atoms with Gasteiger partial charge in [-0.05, 0) is 84.9 Å². The maximum Gasteiger partial charge on any atom is 0.258 e. The Balaban J connectivity index is 1.25. The van der Waals surface area contributed by atoms with Gasteiger partial charge in [-0.25, -0.2) is 8.78 Å². The van der Waals surface area contributed by atoms with Crippen LogP contribution in [-0.4, -0.2) is 24.9 Å². The van der Waals surface area contributed by atoms with Gasteiger partial charge in [-0.1, -0.05) is 53.9 Å².